The Balaban J connectivity index is 0.00000385. The molecule has 2 heterocycles. The highest BCUT2D eigenvalue weighted by molar-refractivity contribution is 14.0. The smallest absolute Gasteiger partial charge is 0.228 e. The molecule has 2 aromatic rings. The molecule has 2 N–H and O–H groups in total. The van der Waals surface area contributed by atoms with Crippen molar-refractivity contribution in [3.8, 4) is 5.75 Å². The Morgan fingerprint density at radius 1 is 1.27 bits per heavy atom. The van der Waals surface area contributed by atoms with E-state index in [0.29, 0.717) is 50.4 Å². The largest absolute Gasteiger partial charge is 0.491 e. The summed E-state index contributed by atoms with van der Waals surface area (Å²) >= 11 is 0. The van der Waals surface area contributed by atoms with Gasteiger partial charge in [0.15, 0.2) is 11.8 Å². The predicted octanol–water partition coefficient (Wildman–Crippen LogP) is 3.97. The van der Waals surface area contributed by atoms with Crippen LogP contribution in [0.5, 0.6) is 5.75 Å². The molecule has 1 aliphatic rings. The Kier molecular flexibility index (Phi) is 12.5. The number of rotatable bonds is 12. The number of aliphatic imine (C=N–C) groups is 1. The van der Waals surface area contributed by atoms with E-state index in [2.05, 4.69) is 25.8 Å². The van der Waals surface area contributed by atoms with Crippen LogP contribution in [-0.4, -0.2) is 61.2 Å². The Morgan fingerprint density at radius 2 is 2.09 bits per heavy atom. The lowest BCUT2D eigenvalue weighted by Crippen LogP contribution is -2.32. The average Bonchev–Trinajstić information content (AvgIpc) is 3.43. The highest BCUT2D eigenvalue weighted by Crippen LogP contribution is 2.17. The van der Waals surface area contributed by atoms with E-state index in [4.69, 9.17) is 18.7 Å². The molecule has 0 bridgehead atoms. The fourth-order valence-corrected chi connectivity index (χ4v) is 3.24. The average molecular weight is 573 g/mol. The first-order valence-corrected chi connectivity index (χ1v) is 11.4. The first-order valence-electron chi connectivity index (χ1n) is 11.4. The fourth-order valence-electron chi connectivity index (χ4n) is 3.24. The molecule has 1 aromatic heterocycles. The minimum atomic E-state index is 0. The number of hydrogen-bond acceptors (Lipinski definition) is 7. The topological polar surface area (TPSA) is 103 Å². The van der Waals surface area contributed by atoms with Crippen LogP contribution in [0.1, 0.15) is 44.8 Å². The second kappa shape index (κ2) is 15.1. The summed E-state index contributed by atoms with van der Waals surface area (Å²) in [5.41, 5.74) is 0.927. The molecule has 1 atom stereocenters. The highest BCUT2D eigenvalue weighted by Gasteiger charge is 2.14. The molecule has 9 nitrogen and oxygen atoms in total. The van der Waals surface area contributed by atoms with Gasteiger partial charge in [0, 0.05) is 38.4 Å². The van der Waals surface area contributed by atoms with Gasteiger partial charge >= 0.3 is 0 Å². The van der Waals surface area contributed by atoms with Crippen LogP contribution in [0.4, 0.5) is 5.69 Å². The number of halogens is 1. The second-order valence-electron chi connectivity index (χ2n) is 8.02. The van der Waals surface area contributed by atoms with Gasteiger partial charge < -0.3 is 29.4 Å². The quantitative estimate of drug-likeness (QED) is 0.170. The standard InChI is InChI=1S/C23H35N5O4.HI/c1-17(2)31-20-9-7-19(8-10-20)27-23(25-13-11-22-26-18(3)28-32-22)24-12-5-14-29-16-21-6-4-15-30-21;/h7-10,17,21H,4-6,11-16H2,1-3H3,(H2,24,25,27);1H. The van der Waals surface area contributed by atoms with Gasteiger partial charge in [-0.25, -0.2) is 0 Å². The lowest BCUT2D eigenvalue weighted by atomic mass is 10.2. The van der Waals surface area contributed by atoms with Crippen molar-refractivity contribution in [2.75, 3.05) is 38.2 Å². The lowest BCUT2D eigenvalue weighted by molar-refractivity contribution is 0.0171. The van der Waals surface area contributed by atoms with Crippen LogP contribution in [0.15, 0.2) is 33.8 Å². The first kappa shape index (κ1) is 27.3. The third-order valence-electron chi connectivity index (χ3n) is 4.73. The van der Waals surface area contributed by atoms with Crippen LogP contribution in [0.2, 0.25) is 0 Å². The Hall–Kier alpha value is -1.92. The van der Waals surface area contributed by atoms with E-state index in [1.54, 1.807) is 0 Å². The number of aryl methyl sites for hydroxylation is 1. The molecule has 1 aliphatic heterocycles. The summed E-state index contributed by atoms with van der Waals surface area (Å²) in [5, 5.41) is 10.5. The van der Waals surface area contributed by atoms with Gasteiger partial charge in [0.25, 0.3) is 0 Å². The molecule has 10 heteroatoms. The molecule has 0 amide bonds. The van der Waals surface area contributed by atoms with Crippen LogP contribution < -0.4 is 15.4 Å². The summed E-state index contributed by atoms with van der Waals surface area (Å²) in [4.78, 5) is 8.92. The third kappa shape index (κ3) is 10.7. The molecule has 1 aromatic carbocycles. The van der Waals surface area contributed by atoms with Gasteiger partial charge in [0.05, 0.1) is 18.8 Å². The zero-order valence-electron chi connectivity index (χ0n) is 19.7. The Morgan fingerprint density at radius 3 is 2.76 bits per heavy atom. The number of aromatic nitrogens is 2. The molecule has 0 saturated carbocycles. The number of hydrogen-bond donors (Lipinski definition) is 2. The maximum Gasteiger partial charge on any atom is 0.228 e. The number of guanidine groups is 1. The van der Waals surface area contributed by atoms with Crippen molar-refractivity contribution in [2.45, 2.75) is 58.7 Å². The summed E-state index contributed by atoms with van der Waals surface area (Å²) < 4.78 is 22.2. The number of nitrogens with one attached hydrogen (secondary N) is 2. The summed E-state index contributed by atoms with van der Waals surface area (Å²) in [6, 6.07) is 7.84. The number of anilines is 1. The van der Waals surface area contributed by atoms with Crippen molar-refractivity contribution in [2.24, 2.45) is 4.99 Å². The van der Waals surface area contributed by atoms with Crippen molar-refractivity contribution in [3.05, 3.63) is 36.0 Å². The van der Waals surface area contributed by atoms with E-state index in [0.717, 1.165) is 37.3 Å². The van der Waals surface area contributed by atoms with Crippen LogP contribution in [0.3, 0.4) is 0 Å². The number of ether oxygens (including phenoxy) is 3. The third-order valence-corrected chi connectivity index (χ3v) is 4.73. The molecule has 1 fully saturated rings. The monoisotopic (exact) mass is 573 g/mol. The zero-order valence-corrected chi connectivity index (χ0v) is 22.0. The van der Waals surface area contributed by atoms with Gasteiger partial charge in [-0.3, -0.25) is 4.99 Å². The Labute approximate surface area is 213 Å². The van der Waals surface area contributed by atoms with Crippen molar-refractivity contribution in [3.63, 3.8) is 0 Å². The van der Waals surface area contributed by atoms with Crippen molar-refractivity contribution < 1.29 is 18.7 Å². The number of benzene rings is 1. The van der Waals surface area contributed by atoms with Gasteiger partial charge in [-0.15, -0.1) is 24.0 Å². The van der Waals surface area contributed by atoms with Crippen LogP contribution >= 0.6 is 24.0 Å². The Bertz CT molecular complexity index is 823. The maximum atomic E-state index is 5.73. The predicted molar refractivity (Wildman–Crippen MR) is 139 cm³/mol. The van der Waals surface area contributed by atoms with Gasteiger partial charge in [0.2, 0.25) is 5.89 Å². The van der Waals surface area contributed by atoms with Crippen molar-refractivity contribution in [1.29, 1.82) is 0 Å². The molecule has 0 spiro atoms. The van der Waals surface area contributed by atoms with Crippen molar-refractivity contribution >= 4 is 35.6 Å². The highest BCUT2D eigenvalue weighted by atomic mass is 127. The second-order valence-corrected chi connectivity index (χ2v) is 8.02. The molecule has 1 unspecified atom stereocenters. The lowest BCUT2D eigenvalue weighted by Gasteiger charge is -2.14. The van der Waals surface area contributed by atoms with E-state index >= 15 is 0 Å². The van der Waals surface area contributed by atoms with Crippen LogP contribution in [0, 0.1) is 6.92 Å². The van der Waals surface area contributed by atoms with E-state index < -0.39 is 0 Å². The summed E-state index contributed by atoms with van der Waals surface area (Å²) in [6.07, 6.45) is 4.08. The van der Waals surface area contributed by atoms with Crippen LogP contribution in [-0.2, 0) is 15.9 Å². The SMILES string of the molecule is Cc1noc(CCNC(=NCCCOCC2CCCO2)Nc2ccc(OC(C)C)cc2)n1.I. The normalized spacial score (nSPS) is 16.0. The maximum absolute atomic E-state index is 5.73. The number of nitrogens with zero attached hydrogens (tertiary/aromatic N) is 3. The van der Waals surface area contributed by atoms with E-state index in [1.165, 1.54) is 0 Å². The molecule has 0 radical (unpaired) electrons. The van der Waals surface area contributed by atoms with E-state index in [9.17, 15) is 0 Å². The molecular formula is C23H36IN5O4. The molecule has 3 rings (SSSR count). The van der Waals surface area contributed by atoms with Gasteiger partial charge in [-0.1, -0.05) is 5.16 Å². The molecule has 1 saturated heterocycles. The molecule has 0 aliphatic carbocycles. The summed E-state index contributed by atoms with van der Waals surface area (Å²) in [6.45, 7) is 9.29. The minimum Gasteiger partial charge on any atom is -0.491 e. The fraction of sp³-hybridized carbons (Fsp3) is 0.609. The summed E-state index contributed by atoms with van der Waals surface area (Å²) in [7, 11) is 0. The molecule has 33 heavy (non-hydrogen) atoms. The van der Waals surface area contributed by atoms with Gasteiger partial charge in [-0.2, -0.15) is 4.98 Å². The van der Waals surface area contributed by atoms with E-state index in [-0.39, 0.29) is 36.2 Å². The van der Waals surface area contributed by atoms with Gasteiger partial charge in [0.1, 0.15) is 5.75 Å². The van der Waals surface area contributed by atoms with Crippen molar-refractivity contribution in [1.82, 2.24) is 15.5 Å². The molecule has 184 valence electrons. The first-order chi connectivity index (χ1) is 15.6. The zero-order chi connectivity index (χ0) is 22.6. The van der Waals surface area contributed by atoms with Gasteiger partial charge in [-0.05, 0) is 64.3 Å². The van der Waals surface area contributed by atoms with Crippen LogP contribution in [0.25, 0.3) is 0 Å². The minimum absolute atomic E-state index is 0. The summed E-state index contributed by atoms with van der Waals surface area (Å²) in [5.74, 6) is 2.77. The van der Waals surface area contributed by atoms with E-state index in [1.807, 2.05) is 45.0 Å². The molecular weight excluding hydrogens is 537 g/mol.